The summed E-state index contributed by atoms with van der Waals surface area (Å²) in [6.07, 6.45) is 1.06. The van der Waals surface area contributed by atoms with Crippen molar-refractivity contribution in [2.75, 3.05) is 39.6 Å². The van der Waals surface area contributed by atoms with Crippen molar-refractivity contribution in [1.29, 1.82) is 0 Å². The lowest BCUT2D eigenvalue weighted by Gasteiger charge is -2.12. The van der Waals surface area contributed by atoms with Gasteiger partial charge in [-0.2, -0.15) is 8.42 Å². The minimum Gasteiger partial charge on any atom is -0.394 e. The zero-order chi connectivity index (χ0) is 13.9. The van der Waals surface area contributed by atoms with Crippen LogP contribution in [-0.4, -0.2) is 58.5 Å². The third-order valence-corrected chi connectivity index (χ3v) is 3.50. The van der Waals surface area contributed by atoms with E-state index >= 15 is 0 Å². The van der Waals surface area contributed by atoms with Crippen LogP contribution in [0.1, 0.15) is 19.8 Å². The van der Waals surface area contributed by atoms with Gasteiger partial charge in [-0.15, -0.1) is 0 Å². The Labute approximate surface area is 108 Å². The summed E-state index contributed by atoms with van der Waals surface area (Å²) in [7, 11) is -3.69. The monoisotopic (exact) mass is 285 g/mol. The highest BCUT2D eigenvalue weighted by Crippen LogP contribution is 2.05. The Morgan fingerprint density at radius 2 is 1.67 bits per heavy atom. The maximum Gasteiger partial charge on any atom is 0.283 e. The molecule has 18 heavy (non-hydrogen) atoms. The summed E-state index contributed by atoms with van der Waals surface area (Å²) in [4.78, 5) is 0. The molecule has 0 aromatic heterocycles. The molecule has 0 radical (unpaired) electrons. The van der Waals surface area contributed by atoms with E-state index in [1.807, 2.05) is 6.92 Å². The van der Waals surface area contributed by atoms with Gasteiger partial charge in [-0.25, -0.2) is 0 Å². The van der Waals surface area contributed by atoms with Crippen LogP contribution in [0.2, 0.25) is 0 Å². The molecular weight excluding hydrogens is 262 g/mol. The van der Waals surface area contributed by atoms with Gasteiger partial charge >= 0.3 is 0 Å². The second-order valence-electron chi connectivity index (χ2n) is 3.59. The van der Waals surface area contributed by atoms with E-state index in [0.29, 0.717) is 26.1 Å². The topological polar surface area (TPSA) is 108 Å². The van der Waals surface area contributed by atoms with Crippen LogP contribution in [-0.2, 0) is 23.8 Å². The van der Waals surface area contributed by atoms with Crippen LogP contribution in [0, 0.1) is 0 Å². The van der Waals surface area contributed by atoms with Crippen LogP contribution in [0.4, 0.5) is 0 Å². The van der Waals surface area contributed by atoms with E-state index in [1.54, 1.807) is 0 Å². The molecular formula is C10H23NO6S. The molecule has 1 atom stereocenters. The zero-order valence-electron chi connectivity index (χ0n) is 10.7. The van der Waals surface area contributed by atoms with Crippen LogP contribution in [0.15, 0.2) is 0 Å². The fourth-order valence-electron chi connectivity index (χ4n) is 1.11. The Bertz CT molecular complexity index is 282. The van der Waals surface area contributed by atoms with Gasteiger partial charge in [0.1, 0.15) is 5.37 Å². The zero-order valence-corrected chi connectivity index (χ0v) is 11.5. The molecule has 0 aliphatic rings. The molecule has 0 aromatic carbocycles. The van der Waals surface area contributed by atoms with Gasteiger partial charge in [0, 0.05) is 0 Å². The Hall–Kier alpha value is -0.250. The number of ether oxygens (including phenoxy) is 2. The van der Waals surface area contributed by atoms with Crippen LogP contribution < -0.4 is 5.73 Å². The van der Waals surface area contributed by atoms with Gasteiger partial charge in [-0.1, -0.05) is 13.3 Å². The molecule has 0 bridgehead atoms. The highest BCUT2D eigenvalue weighted by atomic mass is 32.2. The highest BCUT2D eigenvalue weighted by molar-refractivity contribution is 7.87. The van der Waals surface area contributed by atoms with Crippen LogP contribution in [0.5, 0.6) is 0 Å². The Morgan fingerprint density at radius 1 is 1.11 bits per heavy atom. The lowest BCUT2D eigenvalue weighted by molar-refractivity contribution is 0.0251. The van der Waals surface area contributed by atoms with E-state index in [9.17, 15) is 8.42 Å². The summed E-state index contributed by atoms with van der Waals surface area (Å²) >= 11 is 0. The van der Waals surface area contributed by atoms with Crippen LogP contribution >= 0.6 is 0 Å². The Kier molecular flexibility index (Phi) is 10.5. The second kappa shape index (κ2) is 10.7. The van der Waals surface area contributed by atoms with E-state index in [4.69, 9.17) is 24.5 Å². The van der Waals surface area contributed by atoms with Crippen molar-refractivity contribution < 1.29 is 27.2 Å². The maximum absolute atomic E-state index is 11.4. The summed E-state index contributed by atoms with van der Waals surface area (Å²) < 4.78 is 37.6. The van der Waals surface area contributed by atoms with Crippen molar-refractivity contribution in [3.63, 3.8) is 0 Å². The first-order valence-electron chi connectivity index (χ1n) is 5.94. The second-order valence-corrected chi connectivity index (χ2v) is 5.42. The summed E-state index contributed by atoms with van der Waals surface area (Å²) in [5.41, 5.74) is 5.46. The molecule has 0 aliphatic carbocycles. The number of rotatable bonds is 12. The number of nitrogens with two attached hydrogens (primary N) is 1. The lowest BCUT2D eigenvalue weighted by Crippen LogP contribution is -2.32. The Morgan fingerprint density at radius 3 is 2.22 bits per heavy atom. The van der Waals surface area contributed by atoms with Crippen molar-refractivity contribution in [2.45, 2.75) is 25.1 Å². The van der Waals surface area contributed by atoms with Gasteiger partial charge in [0.2, 0.25) is 0 Å². The number of aliphatic hydroxyl groups is 1. The average molecular weight is 285 g/mol. The van der Waals surface area contributed by atoms with E-state index < -0.39 is 15.5 Å². The number of hydrogen-bond donors (Lipinski definition) is 2. The molecule has 0 heterocycles. The molecule has 1 unspecified atom stereocenters. The molecule has 0 aromatic rings. The first-order valence-corrected chi connectivity index (χ1v) is 7.42. The number of aliphatic hydroxyl groups excluding tert-OH is 1. The summed E-state index contributed by atoms with van der Waals surface area (Å²) in [5.74, 6) is 0. The number of hydrogen-bond acceptors (Lipinski definition) is 7. The van der Waals surface area contributed by atoms with Crippen LogP contribution in [0.25, 0.3) is 0 Å². The highest BCUT2D eigenvalue weighted by Gasteiger charge is 2.20. The van der Waals surface area contributed by atoms with Crippen molar-refractivity contribution >= 4 is 10.1 Å². The maximum atomic E-state index is 11.4. The summed E-state index contributed by atoms with van der Waals surface area (Å²) in [6.45, 7) is 2.86. The SMILES string of the molecule is CCCC(N)S(=O)(=O)OCCOCCOCCO. The third kappa shape index (κ3) is 8.78. The van der Waals surface area contributed by atoms with E-state index in [1.165, 1.54) is 0 Å². The van der Waals surface area contributed by atoms with Crippen molar-refractivity contribution in [3.8, 4) is 0 Å². The minimum atomic E-state index is -3.69. The third-order valence-electron chi connectivity index (χ3n) is 2.03. The quantitative estimate of drug-likeness (QED) is 0.365. The van der Waals surface area contributed by atoms with Crippen LogP contribution in [0.3, 0.4) is 0 Å². The predicted octanol–water partition coefficient (Wildman–Crippen LogP) is -0.557. The van der Waals surface area contributed by atoms with Gasteiger partial charge in [0.25, 0.3) is 10.1 Å². The summed E-state index contributed by atoms with van der Waals surface area (Å²) in [5, 5.41) is 7.45. The molecule has 0 fully saturated rings. The average Bonchev–Trinajstić information content (AvgIpc) is 2.33. The molecule has 0 saturated carbocycles. The molecule has 110 valence electrons. The van der Waals surface area contributed by atoms with Crippen molar-refractivity contribution in [3.05, 3.63) is 0 Å². The molecule has 7 nitrogen and oxygen atoms in total. The smallest absolute Gasteiger partial charge is 0.283 e. The molecule has 8 heteroatoms. The van der Waals surface area contributed by atoms with Crippen molar-refractivity contribution in [2.24, 2.45) is 5.73 Å². The fourth-order valence-corrected chi connectivity index (χ4v) is 2.11. The van der Waals surface area contributed by atoms with E-state index in [-0.39, 0.29) is 26.4 Å². The van der Waals surface area contributed by atoms with Gasteiger partial charge in [-0.3, -0.25) is 4.18 Å². The molecule has 0 rings (SSSR count). The predicted molar refractivity (Wildman–Crippen MR) is 66.5 cm³/mol. The lowest BCUT2D eigenvalue weighted by atomic mass is 10.3. The van der Waals surface area contributed by atoms with Gasteiger partial charge in [0.15, 0.2) is 0 Å². The van der Waals surface area contributed by atoms with Gasteiger partial charge in [0.05, 0.1) is 39.6 Å². The van der Waals surface area contributed by atoms with Gasteiger partial charge in [-0.05, 0) is 6.42 Å². The molecule has 0 saturated heterocycles. The minimum absolute atomic E-state index is 0.0311. The van der Waals surface area contributed by atoms with E-state index in [2.05, 4.69) is 0 Å². The molecule has 0 amide bonds. The first kappa shape index (κ1) is 17.8. The van der Waals surface area contributed by atoms with Gasteiger partial charge < -0.3 is 20.3 Å². The molecule has 0 spiro atoms. The molecule has 0 aliphatic heterocycles. The fraction of sp³-hybridized carbons (Fsp3) is 1.00. The van der Waals surface area contributed by atoms with E-state index in [0.717, 1.165) is 0 Å². The first-order chi connectivity index (χ1) is 8.54. The standard InChI is InChI=1S/C10H23NO6S/c1-2-3-10(11)18(13,14)17-9-8-16-7-6-15-5-4-12/h10,12H,2-9,11H2,1H3. The van der Waals surface area contributed by atoms with Crippen molar-refractivity contribution in [1.82, 2.24) is 0 Å². The normalized spacial score (nSPS) is 13.7. The largest absolute Gasteiger partial charge is 0.394 e. The Balaban J connectivity index is 3.53. The molecule has 3 N–H and O–H groups in total. The summed E-state index contributed by atoms with van der Waals surface area (Å²) in [6, 6.07) is 0.